The van der Waals surface area contributed by atoms with E-state index in [2.05, 4.69) is 51.1 Å². The van der Waals surface area contributed by atoms with Gasteiger partial charge in [0.05, 0.1) is 48.0 Å². The van der Waals surface area contributed by atoms with Gasteiger partial charge in [0, 0.05) is 99.9 Å². The molecule has 0 radical (unpaired) electrons. The number of H-pyrrole nitrogens is 1. The number of carbonyl (C=O) groups is 4. The van der Waals surface area contributed by atoms with Crippen molar-refractivity contribution < 1.29 is 37.3 Å². The molecule has 8 rings (SSSR count). The fourth-order valence-corrected chi connectivity index (χ4v) is 9.20. The van der Waals surface area contributed by atoms with Crippen LogP contribution in [0.3, 0.4) is 0 Å². The van der Waals surface area contributed by atoms with Gasteiger partial charge in [-0.1, -0.05) is 6.92 Å². The standard InChI is InChI=1S/C43H50F2N12O6S/c1-4-53(2)64(3,63)52-33-7-6-32(44)38(39(33)45)40(60)31-24-48-41-30(31)19-27(21-47-41)28-22-49-57(25-28)26-54-15-17-56(18-16-54)37(59)20-43(62)11-13-55(14-12-43)35-9-5-29(23-46-35)50-34-8-10-36(58)51-42(34)61/h5-7,9,19,21-25,34,50,62H,3-4,8,10-18,20,26H2,1-2H3,(H,47,48)(H,52,63)(H,51,58,61). The number of imide groups is 1. The molecule has 0 spiro atoms. The van der Waals surface area contributed by atoms with Crippen LogP contribution in [-0.2, 0) is 30.9 Å². The minimum atomic E-state index is -3.16. The number of piperazine rings is 1. The second-order valence-electron chi connectivity index (χ2n) is 16.5. The fraction of sp³-hybridized carbons (Fsp3) is 0.395. The second-order valence-corrected chi connectivity index (χ2v) is 18.6. The van der Waals surface area contributed by atoms with Crippen molar-refractivity contribution in [2.75, 3.05) is 67.8 Å². The number of benzene rings is 1. The van der Waals surface area contributed by atoms with Gasteiger partial charge in [-0.2, -0.15) is 5.10 Å². The van der Waals surface area contributed by atoms with E-state index >= 15 is 8.78 Å². The normalized spacial score (nSPS) is 19.1. The molecular formula is C43H50F2N12O6S. The number of hydrogen-bond donors (Lipinski definition) is 5. The first-order chi connectivity index (χ1) is 30.6. The van der Waals surface area contributed by atoms with Crippen molar-refractivity contribution in [1.82, 2.24) is 44.2 Å². The molecule has 64 heavy (non-hydrogen) atoms. The zero-order chi connectivity index (χ0) is 45.3. The second kappa shape index (κ2) is 18.1. The van der Waals surface area contributed by atoms with Gasteiger partial charge in [-0.15, -0.1) is 0 Å². The first kappa shape index (κ1) is 44.3. The number of aromatic amines is 1. The van der Waals surface area contributed by atoms with Crippen molar-refractivity contribution in [3.05, 3.63) is 84.1 Å². The maximum atomic E-state index is 15.7. The third-order valence-electron chi connectivity index (χ3n) is 12.2. The Hall–Kier alpha value is -6.29. The number of ketones is 1. The summed E-state index contributed by atoms with van der Waals surface area (Å²) in [6.45, 7) is 5.77. The van der Waals surface area contributed by atoms with Gasteiger partial charge in [0.2, 0.25) is 23.5 Å². The molecule has 2 unspecified atom stereocenters. The first-order valence-corrected chi connectivity index (χ1v) is 22.7. The molecule has 0 aliphatic carbocycles. The smallest absolute Gasteiger partial charge is 0.249 e. The Kier molecular flexibility index (Phi) is 12.5. The van der Waals surface area contributed by atoms with Gasteiger partial charge >= 0.3 is 0 Å². The Labute approximate surface area is 368 Å². The summed E-state index contributed by atoms with van der Waals surface area (Å²) in [7, 11) is -1.62. The Balaban J connectivity index is 0.830. The maximum absolute atomic E-state index is 15.7. The third kappa shape index (κ3) is 9.47. The Morgan fingerprint density at radius 3 is 2.50 bits per heavy atom. The van der Waals surface area contributed by atoms with Crippen LogP contribution in [0.1, 0.15) is 54.9 Å². The average Bonchev–Trinajstić information content (AvgIpc) is 3.93. The highest BCUT2D eigenvalue weighted by atomic mass is 32.2. The van der Waals surface area contributed by atoms with Crippen LogP contribution >= 0.6 is 0 Å². The molecule has 4 aromatic heterocycles. The van der Waals surface area contributed by atoms with Crippen LogP contribution in [0, 0.1) is 11.6 Å². The lowest BCUT2D eigenvalue weighted by atomic mass is 9.87. The van der Waals surface area contributed by atoms with E-state index in [4.69, 9.17) is 0 Å². The lowest BCUT2D eigenvalue weighted by molar-refractivity contribution is -0.139. The number of halogens is 2. The number of hydrogen-bond acceptors (Lipinski definition) is 12. The minimum absolute atomic E-state index is 0.000212. The molecule has 0 saturated carbocycles. The van der Waals surface area contributed by atoms with Crippen LogP contribution in [0.25, 0.3) is 22.2 Å². The Morgan fingerprint density at radius 2 is 1.80 bits per heavy atom. The highest BCUT2D eigenvalue weighted by Gasteiger charge is 2.37. The molecule has 21 heteroatoms. The van der Waals surface area contributed by atoms with E-state index in [1.807, 2.05) is 18.3 Å². The summed E-state index contributed by atoms with van der Waals surface area (Å²) in [5.41, 5.74) is 0.0704. The number of aromatic nitrogens is 5. The molecule has 0 bridgehead atoms. The van der Waals surface area contributed by atoms with Crippen molar-refractivity contribution in [2.45, 2.75) is 57.3 Å². The largest absolute Gasteiger partial charge is 0.389 e. The quantitative estimate of drug-likeness (QED) is 0.0619. The number of nitrogens with one attached hydrogen (secondary N) is 4. The monoisotopic (exact) mass is 900 g/mol. The summed E-state index contributed by atoms with van der Waals surface area (Å²) in [4.78, 5) is 68.6. The van der Waals surface area contributed by atoms with E-state index in [0.29, 0.717) is 99.6 Å². The molecule has 338 valence electrons. The number of carbonyl (C=O) groups excluding carboxylic acids is 4. The van der Waals surface area contributed by atoms with Crippen LogP contribution < -0.4 is 20.3 Å². The number of rotatable bonds is 14. The van der Waals surface area contributed by atoms with Gasteiger partial charge in [0.25, 0.3) is 0 Å². The average molecular weight is 901 g/mol. The van der Waals surface area contributed by atoms with Gasteiger partial charge in [0.1, 0.15) is 33.2 Å². The van der Waals surface area contributed by atoms with Crippen LogP contribution in [0.4, 0.5) is 26.0 Å². The third-order valence-corrected chi connectivity index (χ3v) is 14.0. The predicted octanol–water partition coefficient (Wildman–Crippen LogP) is 2.98. The van der Waals surface area contributed by atoms with E-state index < -0.39 is 44.5 Å². The number of anilines is 3. The summed E-state index contributed by atoms with van der Waals surface area (Å²) < 4.78 is 49.5. The van der Waals surface area contributed by atoms with Gasteiger partial charge < -0.3 is 25.2 Å². The van der Waals surface area contributed by atoms with Gasteiger partial charge in [0.15, 0.2) is 5.82 Å². The molecule has 18 nitrogen and oxygen atoms in total. The van der Waals surface area contributed by atoms with E-state index in [1.54, 1.807) is 41.2 Å². The zero-order valence-corrected chi connectivity index (χ0v) is 36.3. The number of fused-ring (bicyclic) bond motifs is 1. The summed E-state index contributed by atoms with van der Waals surface area (Å²) in [6, 6.07) is 6.90. The summed E-state index contributed by atoms with van der Waals surface area (Å²) in [5.74, 6) is 0.453. The number of nitrogens with zero attached hydrogens (tertiary/aromatic N) is 8. The van der Waals surface area contributed by atoms with Crippen LogP contribution in [0.5, 0.6) is 0 Å². The topological polar surface area (TPSA) is 214 Å². The van der Waals surface area contributed by atoms with Crippen molar-refractivity contribution in [1.29, 1.82) is 0 Å². The van der Waals surface area contributed by atoms with Gasteiger partial charge in [-0.05, 0) is 55.5 Å². The SMILES string of the molecule is C=S(=O)(Nc1ccc(F)c(C(=O)c2c[nH]c3ncc(-c4cnn(CN5CCN(C(=O)CC6(O)CCN(c7ccc(NC8CCC(=O)NC8=O)cn7)CC6)CC5)c4)cc23)c1F)N(C)CC. The van der Waals surface area contributed by atoms with Crippen molar-refractivity contribution >= 4 is 67.5 Å². The molecule has 5 aromatic rings. The highest BCUT2D eigenvalue weighted by molar-refractivity contribution is 7.99. The van der Waals surface area contributed by atoms with E-state index in [9.17, 15) is 28.5 Å². The van der Waals surface area contributed by atoms with Crippen molar-refractivity contribution in [2.24, 2.45) is 0 Å². The maximum Gasteiger partial charge on any atom is 0.249 e. The summed E-state index contributed by atoms with van der Waals surface area (Å²) in [6.07, 6.45) is 9.63. The lowest BCUT2D eigenvalue weighted by Gasteiger charge is -2.40. The number of aliphatic hydroxyl groups is 1. The molecule has 5 N–H and O–H groups in total. The molecule has 3 saturated heterocycles. The number of piperidine rings is 2. The molecule has 3 amide bonds. The Morgan fingerprint density at radius 1 is 1.03 bits per heavy atom. The van der Waals surface area contributed by atoms with E-state index in [1.165, 1.54) is 17.5 Å². The first-order valence-electron chi connectivity index (χ1n) is 21.0. The summed E-state index contributed by atoms with van der Waals surface area (Å²) >= 11 is 0. The van der Waals surface area contributed by atoms with Gasteiger partial charge in [-0.25, -0.2) is 27.3 Å². The minimum Gasteiger partial charge on any atom is -0.389 e. The molecule has 3 fully saturated rings. The van der Waals surface area contributed by atoms with Crippen molar-refractivity contribution in [3.8, 4) is 11.1 Å². The van der Waals surface area contributed by atoms with Crippen LogP contribution in [-0.4, -0.2) is 142 Å². The van der Waals surface area contributed by atoms with Gasteiger partial charge in [-0.3, -0.25) is 38.8 Å². The molecule has 2 atom stereocenters. The molecule has 3 aliphatic rings. The molecule has 3 aliphatic heterocycles. The molecule has 1 aromatic carbocycles. The van der Waals surface area contributed by atoms with E-state index in [0.717, 1.165) is 18.0 Å². The Bertz CT molecular complexity index is 2690. The number of amides is 3. The number of pyridine rings is 2. The van der Waals surface area contributed by atoms with E-state index in [-0.39, 0.29) is 41.8 Å². The highest BCUT2D eigenvalue weighted by Crippen LogP contribution is 2.32. The lowest BCUT2D eigenvalue weighted by Crippen LogP contribution is -2.52. The zero-order valence-electron chi connectivity index (χ0n) is 35.5. The molecule has 7 heterocycles. The fourth-order valence-electron chi connectivity index (χ4n) is 8.13. The van der Waals surface area contributed by atoms with Crippen LogP contribution in [0.2, 0.25) is 0 Å². The molecular weight excluding hydrogens is 851 g/mol. The predicted molar refractivity (Wildman–Crippen MR) is 237 cm³/mol. The summed E-state index contributed by atoms with van der Waals surface area (Å²) in [5, 5.41) is 21.8. The van der Waals surface area contributed by atoms with Crippen LogP contribution in [0.15, 0.2) is 61.3 Å². The van der Waals surface area contributed by atoms with Crippen molar-refractivity contribution in [3.63, 3.8) is 0 Å².